The summed E-state index contributed by atoms with van der Waals surface area (Å²) in [5.74, 6) is 1.54. The van der Waals surface area contributed by atoms with Crippen LogP contribution in [-0.4, -0.2) is 15.2 Å². The fourth-order valence-electron chi connectivity index (χ4n) is 2.22. The van der Waals surface area contributed by atoms with Crippen molar-refractivity contribution in [3.8, 4) is 22.0 Å². The van der Waals surface area contributed by atoms with Crippen molar-refractivity contribution in [3.05, 3.63) is 59.2 Å². The van der Waals surface area contributed by atoms with E-state index in [4.69, 9.17) is 8.83 Å². The molecular formula is C17H12FN3O2S2. The lowest BCUT2D eigenvalue weighted by Gasteiger charge is -1.95. The molecule has 4 aromatic rings. The number of thiazole rings is 1. The minimum Gasteiger partial charge on any atom is -0.469 e. The van der Waals surface area contributed by atoms with E-state index in [2.05, 4.69) is 15.2 Å². The predicted molar refractivity (Wildman–Crippen MR) is 93.8 cm³/mol. The molecule has 0 amide bonds. The van der Waals surface area contributed by atoms with Crippen LogP contribution in [0.25, 0.3) is 22.0 Å². The smallest absolute Gasteiger partial charge is 0.277 e. The number of halogens is 1. The van der Waals surface area contributed by atoms with Gasteiger partial charge in [-0.25, -0.2) is 9.37 Å². The highest BCUT2D eigenvalue weighted by atomic mass is 32.2. The van der Waals surface area contributed by atoms with Crippen molar-refractivity contribution in [2.24, 2.45) is 0 Å². The van der Waals surface area contributed by atoms with E-state index in [9.17, 15) is 4.39 Å². The molecule has 0 unspecified atom stereocenters. The molecule has 1 aromatic carbocycles. The van der Waals surface area contributed by atoms with Gasteiger partial charge in [0, 0.05) is 16.7 Å². The van der Waals surface area contributed by atoms with E-state index in [-0.39, 0.29) is 5.82 Å². The molecule has 0 aliphatic carbocycles. The second-order valence-electron chi connectivity index (χ2n) is 5.20. The molecule has 3 heterocycles. The van der Waals surface area contributed by atoms with Crippen molar-refractivity contribution in [2.75, 3.05) is 0 Å². The average molecular weight is 373 g/mol. The maximum atomic E-state index is 13.0. The highest BCUT2D eigenvalue weighted by Gasteiger charge is 2.14. The van der Waals surface area contributed by atoms with Gasteiger partial charge in [0.25, 0.3) is 11.1 Å². The van der Waals surface area contributed by atoms with E-state index < -0.39 is 0 Å². The van der Waals surface area contributed by atoms with Gasteiger partial charge in [-0.1, -0.05) is 11.8 Å². The monoisotopic (exact) mass is 373 g/mol. The number of thioether (sulfide) groups is 1. The Hall–Kier alpha value is -2.45. The van der Waals surface area contributed by atoms with Gasteiger partial charge in [-0.3, -0.25) is 0 Å². The number of rotatable bonds is 5. The molecule has 25 heavy (non-hydrogen) atoms. The van der Waals surface area contributed by atoms with Crippen molar-refractivity contribution in [2.45, 2.75) is 17.9 Å². The first-order valence-corrected chi connectivity index (χ1v) is 9.26. The van der Waals surface area contributed by atoms with Gasteiger partial charge in [-0.05, 0) is 37.3 Å². The second kappa shape index (κ2) is 6.81. The van der Waals surface area contributed by atoms with Crippen molar-refractivity contribution >= 4 is 23.1 Å². The Morgan fingerprint density at radius 1 is 1.16 bits per heavy atom. The Balaban J connectivity index is 1.43. The summed E-state index contributed by atoms with van der Waals surface area (Å²) in [7, 11) is 0. The van der Waals surface area contributed by atoms with E-state index in [0.717, 1.165) is 27.6 Å². The van der Waals surface area contributed by atoms with Crippen molar-refractivity contribution in [3.63, 3.8) is 0 Å². The number of benzene rings is 1. The number of aryl methyl sites for hydroxylation is 1. The lowest BCUT2D eigenvalue weighted by molar-refractivity contribution is 0.463. The molecule has 0 N–H and O–H groups in total. The van der Waals surface area contributed by atoms with Crippen molar-refractivity contribution in [1.29, 1.82) is 0 Å². The van der Waals surface area contributed by atoms with Crippen LogP contribution in [-0.2, 0) is 5.75 Å². The third-order valence-corrected chi connectivity index (χ3v) is 5.27. The summed E-state index contributed by atoms with van der Waals surface area (Å²) in [6.07, 6.45) is 1.59. The van der Waals surface area contributed by atoms with Gasteiger partial charge in [0.2, 0.25) is 0 Å². The van der Waals surface area contributed by atoms with Gasteiger partial charge in [0.05, 0.1) is 17.5 Å². The molecule has 3 aromatic heterocycles. The SMILES string of the molecule is Cc1occc1-c1nnc(SCc2csc(-c3ccc(F)cc3)n2)o1. The van der Waals surface area contributed by atoms with Gasteiger partial charge in [0.15, 0.2) is 0 Å². The van der Waals surface area contributed by atoms with Gasteiger partial charge < -0.3 is 8.83 Å². The summed E-state index contributed by atoms with van der Waals surface area (Å²) in [5, 5.41) is 11.4. The highest BCUT2D eigenvalue weighted by molar-refractivity contribution is 7.98. The summed E-state index contributed by atoms with van der Waals surface area (Å²) < 4.78 is 23.9. The number of aromatic nitrogens is 3. The molecule has 0 spiro atoms. The Bertz CT molecular complexity index is 991. The number of hydrogen-bond donors (Lipinski definition) is 0. The number of hydrogen-bond acceptors (Lipinski definition) is 7. The molecular weight excluding hydrogens is 361 g/mol. The van der Waals surface area contributed by atoms with Gasteiger partial charge in [0.1, 0.15) is 16.6 Å². The summed E-state index contributed by atoms with van der Waals surface area (Å²) >= 11 is 2.94. The quantitative estimate of drug-likeness (QED) is 0.448. The fourth-order valence-corrected chi connectivity index (χ4v) is 3.80. The third-order valence-electron chi connectivity index (χ3n) is 3.48. The summed E-state index contributed by atoms with van der Waals surface area (Å²) in [4.78, 5) is 4.57. The molecule has 0 aliphatic heterocycles. The molecule has 5 nitrogen and oxygen atoms in total. The van der Waals surface area contributed by atoms with Crippen molar-refractivity contribution < 1.29 is 13.2 Å². The standard InChI is InChI=1S/C17H12FN3O2S2/c1-10-14(6-7-22-10)15-20-21-17(23-15)25-9-13-8-24-16(19-13)11-2-4-12(18)5-3-11/h2-8H,9H2,1H3. The summed E-state index contributed by atoms with van der Waals surface area (Å²) in [6, 6.07) is 8.11. The Labute approximate surface area is 150 Å². The Morgan fingerprint density at radius 3 is 2.76 bits per heavy atom. The average Bonchev–Trinajstić information content (AvgIpc) is 3.33. The first-order chi connectivity index (χ1) is 12.2. The van der Waals surface area contributed by atoms with Crippen LogP contribution >= 0.6 is 23.1 Å². The molecule has 4 rings (SSSR count). The van der Waals surface area contributed by atoms with Crippen LogP contribution in [0.3, 0.4) is 0 Å². The van der Waals surface area contributed by atoms with Gasteiger partial charge in [-0.15, -0.1) is 21.5 Å². The molecule has 0 radical (unpaired) electrons. The normalized spacial score (nSPS) is 11.1. The molecule has 0 atom stereocenters. The lowest BCUT2D eigenvalue weighted by Crippen LogP contribution is -1.82. The second-order valence-corrected chi connectivity index (χ2v) is 6.99. The van der Waals surface area contributed by atoms with E-state index in [0.29, 0.717) is 16.9 Å². The molecule has 0 fully saturated rings. The highest BCUT2D eigenvalue weighted by Crippen LogP contribution is 2.30. The van der Waals surface area contributed by atoms with Crippen LogP contribution in [0.15, 0.2) is 56.0 Å². The van der Waals surface area contributed by atoms with Crippen LogP contribution in [0.5, 0.6) is 0 Å². The minimum absolute atomic E-state index is 0.254. The summed E-state index contributed by atoms with van der Waals surface area (Å²) in [5.41, 5.74) is 2.61. The number of nitrogens with zero attached hydrogens (tertiary/aromatic N) is 3. The van der Waals surface area contributed by atoms with Crippen molar-refractivity contribution in [1.82, 2.24) is 15.2 Å². The first kappa shape index (κ1) is 16.0. The zero-order valence-corrected chi connectivity index (χ0v) is 14.7. The topological polar surface area (TPSA) is 65.0 Å². The Morgan fingerprint density at radius 2 is 2.00 bits per heavy atom. The zero-order chi connectivity index (χ0) is 17.2. The maximum absolute atomic E-state index is 13.0. The van der Waals surface area contributed by atoms with Crippen LogP contribution in [0, 0.1) is 12.7 Å². The first-order valence-electron chi connectivity index (χ1n) is 7.40. The van der Waals surface area contributed by atoms with Crippen LogP contribution in [0.1, 0.15) is 11.5 Å². The van der Waals surface area contributed by atoms with Gasteiger partial charge >= 0.3 is 0 Å². The minimum atomic E-state index is -0.254. The fraction of sp³-hybridized carbons (Fsp3) is 0.118. The molecule has 0 bridgehead atoms. The van der Waals surface area contributed by atoms with E-state index in [1.807, 2.05) is 12.3 Å². The Kier molecular flexibility index (Phi) is 4.37. The maximum Gasteiger partial charge on any atom is 0.277 e. The molecule has 0 saturated carbocycles. The molecule has 0 aliphatic rings. The number of furan rings is 1. The largest absolute Gasteiger partial charge is 0.469 e. The summed E-state index contributed by atoms with van der Waals surface area (Å²) in [6.45, 7) is 1.85. The zero-order valence-electron chi connectivity index (χ0n) is 13.1. The molecule has 126 valence electrons. The van der Waals surface area contributed by atoms with Crippen LogP contribution < -0.4 is 0 Å². The predicted octanol–water partition coefficient (Wildman–Crippen LogP) is 5.19. The van der Waals surface area contributed by atoms with Gasteiger partial charge in [-0.2, -0.15) is 0 Å². The van der Waals surface area contributed by atoms with E-state index >= 15 is 0 Å². The third kappa shape index (κ3) is 3.49. The van der Waals surface area contributed by atoms with Crippen LogP contribution in [0.4, 0.5) is 4.39 Å². The van der Waals surface area contributed by atoms with E-state index in [1.54, 1.807) is 24.5 Å². The molecule has 8 heteroatoms. The van der Waals surface area contributed by atoms with E-state index in [1.165, 1.54) is 35.2 Å². The molecule has 0 saturated heterocycles. The lowest BCUT2D eigenvalue weighted by atomic mass is 10.2. The van der Waals surface area contributed by atoms with Crippen LogP contribution in [0.2, 0.25) is 0 Å².